The first-order valence-electron chi connectivity index (χ1n) is 11.0. The van der Waals surface area contributed by atoms with Gasteiger partial charge in [-0.15, -0.1) is 0 Å². The molecule has 4 heterocycles. The Labute approximate surface area is 182 Å². The summed E-state index contributed by atoms with van der Waals surface area (Å²) >= 11 is 0. The van der Waals surface area contributed by atoms with E-state index in [2.05, 4.69) is 21.8 Å². The van der Waals surface area contributed by atoms with Crippen molar-refractivity contribution in [2.75, 3.05) is 26.3 Å². The number of ketones is 1. The number of allylic oxidation sites excluding steroid dienone is 1. The van der Waals surface area contributed by atoms with E-state index in [1.54, 1.807) is 12.3 Å². The standard InChI is InChI=1S/C24H31N3O4/c1-16-7-10-27(11-8-16)23-20(24(2,3)30-13-5-12-28)21(29)19(31-23)14-17-15-26-22-18(17)6-4-9-25-22/h4,6,9,14-16,28H,5,7-8,10-13H2,1-3H3,(H,25,26)/b19-14-. The number of aliphatic hydroxyl groups excluding tert-OH is 1. The molecule has 2 aliphatic rings. The zero-order chi connectivity index (χ0) is 22.0. The van der Waals surface area contributed by atoms with Gasteiger partial charge in [0.15, 0.2) is 5.76 Å². The van der Waals surface area contributed by atoms with E-state index in [-0.39, 0.29) is 12.4 Å². The molecule has 0 amide bonds. The van der Waals surface area contributed by atoms with Crippen molar-refractivity contribution in [3.05, 3.63) is 47.3 Å². The number of nitrogens with zero attached hydrogens (tertiary/aromatic N) is 2. The lowest BCUT2D eigenvalue weighted by Gasteiger charge is -2.34. The highest BCUT2D eigenvalue weighted by Crippen LogP contribution is 2.38. The second-order valence-electron chi connectivity index (χ2n) is 8.87. The fourth-order valence-corrected chi connectivity index (χ4v) is 4.18. The average molecular weight is 426 g/mol. The first-order valence-corrected chi connectivity index (χ1v) is 11.0. The van der Waals surface area contributed by atoms with Crippen LogP contribution in [0.15, 0.2) is 41.7 Å². The highest BCUT2D eigenvalue weighted by Gasteiger charge is 2.43. The number of piperidine rings is 1. The molecule has 31 heavy (non-hydrogen) atoms. The number of aromatic amines is 1. The van der Waals surface area contributed by atoms with Crippen LogP contribution in [0.2, 0.25) is 0 Å². The Bertz CT molecular complexity index is 1010. The van der Waals surface area contributed by atoms with Crippen molar-refractivity contribution < 1.29 is 19.4 Å². The number of fused-ring (bicyclic) bond motifs is 1. The maximum Gasteiger partial charge on any atom is 0.232 e. The number of nitrogens with one attached hydrogen (secondary N) is 1. The largest absolute Gasteiger partial charge is 0.436 e. The van der Waals surface area contributed by atoms with Gasteiger partial charge >= 0.3 is 0 Å². The van der Waals surface area contributed by atoms with Crippen LogP contribution in [0.4, 0.5) is 0 Å². The number of rotatable bonds is 7. The van der Waals surface area contributed by atoms with Crippen LogP contribution in [0, 0.1) is 5.92 Å². The molecule has 0 spiro atoms. The third-order valence-electron chi connectivity index (χ3n) is 6.08. The molecule has 2 aliphatic heterocycles. The van der Waals surface area contributed by atoms with Crippen LogP contribution in [0.1, 0.15) is 45.6 Å². The molecule has 1 saturated heterocycles. The molecule has 1 fully saturated rings. The maximum absolute atomic E-state index is 13.5. The number of pyridine rings is 1. The number of H-pyrrole nitrogens is 1. The summed E-state index contributed by atoms with van der Waals surface area (Å²) in [5.74, 6) is 1.42. The first-order chi connectivity index (χ1) is 14.9. The van der Waals surface area contributed by atoms with Gasteiger partial charge in [0, 0.05) is 49.6 Å². The Hall–Kier alpha value is -2.64. The fourth-order valence-electron chi connectivity index (χ4n) is 4.18. The Morgan fingerprint density at radius 2 is 2.16 bits per heavy atom. The summed E-state index contributed by atoms with van der Waals surface area (Å²) in [5, 5.41) is 10.1. The van der Waals surface area contributed by atoms with Gasteiger partial charge in [-0.3, -0.25) is 4.79 Å². The number of likely N-dealkylation sites (tertiary alicyclic amines) is 1. The summed E-state index contributed by atoms with van der Waals surface area (Å²) in [7, 11) is 0. The van der Waals surface area contributed by atoms with E-state index in [4.69, 9.17) is 14.6 Å². The lowest BCUT2D eigenvalue weighted by molar-refractivity contribution is -0.115. The SMILES string of the molecule is CC1CCN(C2=C(C(C)(C)OCCCO)C(=O)/C(=C/c3c[nH]c4ncccc34)O2)CC1. The van der Waals surface area contributed by atoms with Crippen molar-refractivity contribution in [1.29, 1.82) is 0 Å². The Kier molecular flexibility index (Phi) is 6.16. The predicted molar refractivity (Wildman–Crippen MR) is 119 cm³/mol. The normalized spacial score (nSPS) is 19.7. The molecule has 4 rings (SSSR count). The van der Waals surface area contributed by atoms with E-state index in [1.165, 1.54) is 0 Å². The summed E-state index contributed by atoms with van der Waals surface area (Å²) in [4.78, 5) is 23.2. The molecule has 0 radical (unpaired) electrons. The van der Waals surface area contributed by atoms with Crippen molar-refractivity contribution in [2.45, 2.75) is 45.6 Å². The Morgan fingerprint density at radius 1 is 1.39 bits per heavy atom. The van der Waals surface area contributed by atoms with Crippen LogP contribution in [0.3, 0.4) is 0 Å². The van der Waals surface area contributed by atoms with Crippen molar-refractivity contribution in [3.63, 3.8) is 0 Å². The number of aliphatic hydroxyl groups is 1. The van der Waals surface area contributed by atoms with Crippen LogP contribution in [-0.4, -0.2) is 57.7 Å². The quantitative estimate of drug-likeness (QED) is 0.520. The van der Waals surface area contributed by atoms with Gasteiger partial charge < -0.3 is 24.5 Å². The smallest absolute Gasteiger partial charge is 0.232 e. The molecule has 0 bridgehead atoms. The van der Waals surface area contributed by atoms with Crippen LogP contribution in [0.25, 0.3) is 17.1 Å². The second kappa shape index (κ2) is 8.85. The average Bonchev–Trinajstić information content (AvgIpc) is 3.31. The second-order valence-corrected chi connectivity index (χ2v) is 8.87. The van der Waals surface area contributed by atoms with E-state index >= 15 is 0 Å². The van der Waals surface area contributed by atoms with Crippen LogP contribution in [0.5, 0.6) is 0 Å². The number of hydrogen-bond donors (Lipinski definition) is 2. The summed E-state index contributed by atoms with van der Waals surface area (Å²) < 4.78 is 12.3. The van der Waals surface area contributed by atoms with Gasteiger partial charge in [0.2, 0.25) is 11.7 Å². The summed E-state index contributed by atoms with van der Waals surface area (Å²) in [5.41, 5.74) is 1.34. The van der Waals surface area contributed by atoms with Crippen LogP contribution >= 0.6 is 0 Å². The highest BCUT2D eigenvalue weighted by atomic mass is 16.5. The molecule has 0 aromatic carbocycles. The number of carbonyl (C=O) groups is 1. The van der Waals surface area contributed by atoms with Crippen molar-refractivity contribution in [3.8, 4) is 0 Å². The summed E-state index contributed by atoms with van der Waals surface area (Å²) in [6.07, 6.45) is 8.00. The fraction of sp³-hybridized carbons (Fsp3) is 0.500. The highest BCUT2D eigenvalue weighted by molar-refractivity contribution is 6.13. The molecule has 7 nitrogen and oxygen atoms in total. The lowest BCUT2D eigenvalue weighted by atomic mass is 9.92. The number of hydrogen-bond acceptors (Lipinski definition) is 6. The van der Waals surface area contributed by atoms with Gasteiger partial charge in [-0.25, -0.2) is 4.98 Å². The number of ether oxygens (including phenoxy) is 2. The van der Waals surface area contributed by atoms with E-state index in [9.17, 15) is 4.79 Å². The molecule has 2 aromatic rings. The molecule has 0 aliphatic carbocycles. The molecule has 166 valence electrons. The van der Waals surface area contributed by atoms with Gasteiger partial charge in [0.05, 0.1) is 11.2 Å². The van der Waals surface area contributed by atoms with E-state index < -0.39 is 5.60 Å². The number of Topliss-reactive ketones (excluding diaryl/α,β-unsaturated/α-hetero) is 1. The molecular weight excluding hydrogens is 394 g/mol. The number of aromatic nitrogens is 2. The summed E-state index contributed by atoms with van der Waals surface area (Å²) in [6.45, 7) is 8.17. The van der Waals surface area contributed by atoms with Crippen LogP contribution < -0.4 is 0 Å². The first kappa shape index (κ1) is 21.6. The maximum atomic E-state index is 13.5. The topological polar surface area (TPSA) is 87.7 Å². The van der Waals surface area contributed by atoms with Gasteiger partial charge in [-0.1, -0.05) is 6.92 Å². The van der Waals surface area contributed by atoms with Gasteiger partial charge in [0.1, 0.15) is 5.65 Å². The van der Waals surface area contributed by atoms with Crippen molar-refractivity contribution in [1.82, 2.24) is 14.9 Å². The lowest BCUT2D eigenvalue weighted by Crippen LogP contribution is -2.37. The minimum Gasteiger partial charge on any atom is -0.436 e. The van der Waals surface area contributed by atoms with Crippen LogP contribution in [-0.2, 0) is 14.3 Å². The minimum absolute atomic E-state index is 0.0518. The monoisotopic (exact) mass is 425 g/mol. The van der Waals surface area contributed by atoms with Crippen molar-refractivity contribution >= 4 is 22.9 Å². The summed E-state index contributed by atoms with van der Waals surface area (Å²) in [6, 6.07) is 3.84. The minimum atomic E-state index is -0.831. The zero-order valence-corrected chi connectivity index (χ0v) is 18.5. The molecular formula is C24H31N3O4. The molecule has 2 aromatic heterocycles. The molecule has 7 heteroatoms. The molecule has 0 atom stereocenters. The van der Waals surface area contributed by atoms with Gasteiger partial charge in [-0.05, 0) is 57.2 Å². The zero-order valence-electron chi connectivity index (χ0n) is 18.5. The van der Waals surface area contributed by atoms with E-state index in [0.717, 1.165) is 42.5 Å². The number of carbonyl (C=O) groups excluding carboxylic acids is 1. The van der Waals surface area contributed by atoms with E-state index in [1.807, 2.05) is 32.2 Å². The van der Waals surface area contributed by atoms with Gasteiger partial charge in [0.25, 0.3) is 0 Å². The molecule has 0 saturated carbocycles. The van der Waals surface area contributed by atoms with Gasteiger partial charge in [-0.2, -0.15) is 0 Å². The Balaban J connectivity index is 1.68. The Morgan fingerprint density at radius 3 is 2.90 bits per heavy atom. The third kappa shape index (κ3) is 4.38. The van der Waals surface area contributed by atoms with E-state index in [0.29, 0.717) is 36.2 Å². The third-order valence-corrected chi connectivity index (χ3v) is 6.08. The molecule has 2 N–H and O–H groups in total. The van der Waals surface area contributed by atoms with Crippen molar-refractivity contribution in [2.24, 2.45) is 5.92 Å². The molecule has 0 unspecified atom stereocenters. The predicted octanol–water partition coefficient (Wildman–Crippen LogP) is 3.62.